The van der Waals surface area contributed by atoms with Gasteiger partial charge in [-0.3, -0.25) is 9.35 Å². The molecule has 1 aromatic carbocycles. The smallest absolute Gasteiger partial charge is 0.265 e. The minimum absolute atomic E-state index is 0.00372. The molecule has 0 aliphatic heterocycles. The van der Waals surface area contributed by atoms with Gasteiger partial charge in [0.1, 0.15) is 5.75 Å². The highest BCUT2D eigenvalue weighted by Crippen LogP contribution is 2.66. The molecular weight excluding hydrogens is 460 g/mol. The molecule has 0 amide bonds. The molecule has 2 unspecified atom stereocenters. The third-order valence-electron chi connectivity index (χ3n) is 8.43. The van der Waals surface area contributed by atoms with Gasteiger partial charge in [-0.25, -0.2) is 0 Å². The Hall–Kier alpha value is -1.66. The van der Waals surface area contributed by atoms with E-state index in [-0.39, 0.29) is 11.7 Å². The highest BCUT2D eigenvalue weighted by Gasteiger charge is 2.67. The molecule has 1 aromatic rings. The Morgan fingerprint density at radius 3 is 2.11 bits per heavy atom. The Kier molecular flexibility index (Phi) is 9.61. The summed E-state index contributed by atoms with van der Waals surface area (Å²) in [5, 5.41) is 0. The maximum atomic E-state index is 13.3. The summed E-state index contributed by atoms with van der Waals surface area (Å²) >= 11 is 0. The molecule has 1 N–H and O–H groups in total. The van der Waals surface area contributed by atoms with E-state index < -0.39 is 26.7 Å². The normalized spacial score (nSPS) is 24.4. The van der Waals surface area contributed by atoms with Gasteiger partial charge >= 0.3 is 0 Å². The molecule has 0 radical (unpaired) electrons. The fraction of sp³-hybridized carbons (Fsp3) is 0.690. The van der Waals surface area contributed by atoms with Gasteiger partial charge in [0.15, 0.2) is 5.78 Å². The number of ketones is 1. The third kappa shape index (κ3) is 6.76. The van der Waals surface area contributed by atoms with Gasteiger partial charge in [0, 0.05) is 5.57 Å². The van der Waals surface area contributed by atoms with Gasteiger partial charge in [0.2, 0.25) is 0 Å². The standard InChI is InChI=1S/C29H44O5S/c1-4-5-6-7-8-9-10-11-12-13-20-34-24-16-14-23(15-17-24)21-25-26-18-19-29(27(25)30,28(26,2)3)22-35(31,32)33/h14-17,21,26H,4-13,18-20,22H2,1-3H3,(H,31,32,33). The van der Waals surface area contributed by atoms with Crippen molar-refractivity contribution >= 4 is 22.0 Å². The van der Waals surface area contributed by atoms with Crippen LogP contribution in [0.15, 0.2) is 29.8 Å². The largest absolute Gasteiger partial charge is 0.494 e. The van der Waals surface area contributed by atoms with Crippen LogP contribution in [0.1, 0.15) is 103 Å². The second-order valence-corrected chi connectivity index (χ2v) is 12.6. The summed E-state index contributed by atoms with van der Waals surface area (Å²) in [7, 11) is -4.24. The fourth-order valence-electron chi connectivity index (χ4n) is 6.21. The molecule has 3 rings (SSSR count). The average molecular weight is 505 g/mol. The van der Waals surface area contributed by atoms with Crippen molar-refractivity contribution in [3.05, 3.63) is 35.4 Å². The van der Waals surface area contributed by atoms with Crippen molar-refractivity contribution < 1.29 is 22.5 Å². The van der Waals surface area contributed by atoms with Crippen molar-refractivity contribution in [1.82, 2.24) is 0 Å². The third-order valence-corrected chi connectivity index (χ3v) is 9.29. The van der Waals surface area contributed by atoms with Crippen molar-refractivity contribution in [2.75, 3.05) is 12.4 Å². The summed E-state index contributed by atoms with van der Waals surface area (Å²) in [5.74, 6) is 0.206. The maximum absolute atomic E-state index is 13.3. The SMILES string of the molecule is CCCCCCCCCCCCOc1ccc(C=C2C(=O)C3(CS(=O)(=O)O)CCC2C3(C)C)cc1. The predicted octanol–water partition coefficient (Wildman–Crippen LogP) is 7.26. The number of unbranched alkanes of at least 4 members (excludes halogenated alkanes) is 9. The van der Waals surface area contributed by atoms with Gasteiger partial charge in [0.25, 0.3) is 10.1 Å². The number of ether oxygens (including phenoxy) is 1. The molecule has 196 valence electrons. The van der Waals surface area contributed by atoms with E-state index in [1.165, 1.54) is 57.8 Å². The van der Waals surface area contributed by atoms with Crippen LogP contribution in [0, 0.1) is 16.7 Å². The highest BCUT2D eigenvalue weighted by atomic mass is 32.2. The van der Waals surface area contributed by atoms with E-state index in [1.54, 1.807) is 0 Å². The van der Waals surface area contributed by atoms with E-state index in [2.05, 4.69) is 6.92 Å². The van der Waals surface area contributed by atoms with Crippen LogP contribution in [-0.2, 0) is 14.9 Å². The van der Waals surface area contributed by atoms with Crippen LogP contribution in [-0.4, -0.2) is 31.1 Å². The molecule has 2 fully saturated rings. The molecule has 6 heteroatoms. The number of Topliss-reactive ketones (excluding diaryl/α,β-unsaturated/α-hetero) is 1. The van der Waals surface area contributed by atoms with E-state index in [4.69, 9.17) is 4.74 Å². The first kappa shape index (κ1) is 27.9. The number of hydrogen-bond acceptors (Lipinski definition) is 4. The first-order chi connectivity index (χ1) is 16.6. The van der Waals surface area contributed by atoms with Crippen LogP contribution in [0.4, 0.5) is 0 Å². The van der Waals surface area contributed by atoms with Gasteiger partial charge in [0.05, 0.1) is 17.8 Å². The van der Waals surface area contributed by atoms with E-state index in [1.807, 2.05) is 44.2 Å². The number of rotatable bonds is 15. The van der Waals surface area contributed by atoms with Gasteiger partial charge in [-0.15, -0.1) is 0 Å². The molecule has 2 bridgehead atoms. The molecule has 2 atom stereocenters. The first-order valence-corrected chi connectivity index (χ1v) is 15.2. The Morgan fingerprint density at radius 1 is 0.971 bits per heavy atom. The molecule has 2 aliphatic carbocycles. The summed E-state index contributed by atoms with van der Waals surface area (Å²) in [6, 6.07) is 7.75. The lowest BCUT2D eigenvalue weighted by molar-refractivity contribution is -0.125. The van der Waals surface area contributed by atoms with Crippen LogP contribution in [0.25, 0.3) is 6.08 Å². The van der Waals surface area contributed by atoms with E-state index in [0.717, 1.165) is 24.2 Å². The first-order valence-electron chi connectivity index (χ1n) is 13.6. The highest BCUT2D eigenvalue weighted by molar-refractivity contribution is 7.85. The minimum Gasteiger partial charge on any atom is -0.494 e. The molecule has 5 nitrogen and oxygen atoms in total. The van der Waals surface area contributed by atoms with E-state index in [9.17, 15) is 17.8 Å². The van der Waals surface area contributed by atoms with Gasteiger partial charge < -0.3 is 4.74 Å². The Bertz CT molecular complexity index is 977. The van der Waals surface area contributed by atoms with E-state index in [0.29, 0.717) is 18.6 Å². The van der Waals surface area contributed by atoms with Gasteiger partial charge in [-0.2, -0.15) is 8.42 Å². The number of hydrogen-bond donors (Lipinski definition) is 1. The van der Waals surface area contributed by atoms with Crippen molar-refractivity contribution in [2.45, 2.75) is 97.8 Å². The summed E-state index contributed by atoms with van der Waals surface area (Å²) in [4.78, 5) is 13.3. The van der Waals surface area contributed by atoms with Crippen LogP contribution in [0.5, 0.6) is 5.75 Å². The number of fused-ring (bicyclic) bond motifs is 2. The molecule has 0 saturated heterocycles. The van der Waals surface area contributed by atoms with Crippen molar-refractivity contribution in [2.24, 2.45) is 16.7 Å². The Balaban J connectivity index is 1.46. The zero-order valence-electron chi connectivity index (χ0n) is 21.9. The minimum atomic E-state index is -4.24. The number of benzene rings is 1. The molecule has 2 aliphatic rings. The summed E-state index contributed by atoms with van der Waals surface area (Å²) in [5.41, 5.74) is 0.0628. The zero-order valence-corrected chi connectivity index (χ0v) is 22.7. The monoisotopic (exact) mass is 504 g/mol. The quantitative estimate of drug-likeness (QED) is 0.154. The second kappa shape index (κ2) is 12.1. The fourth-order valence-corrected chi connectivity index (χ4v) is 7.48. The van der Waals surface area contributed by atoms with Crippen molar-refractivity contribution in [1.29, 1.82) is 0 Å². The zero-order chi connectivity index (χ0) is 25.5. The lowest BCUT2D eigenvalue weighted by atomic mass is 9.70. The summed E-state index contributed by atoms with van der Waals surface area (Å²) in [6.07, 6.45) is 16.1. The molecule has 0 aromatic heterocycles. The van der Waals surface area contributed by atoms with Crippen molar-refractivity contribution in [3.63, 3.8) is 0 Å². The lowest BCUT2D eigenvalue weighted by Crippen LogP contribution is -2.42. The summed E-state index contributed by atoms with van der Waals surface area (Å²) < 4.78 is 38.8. The topological polar surface area (TPSA) is 80.7 Å². The molecule has 0 heterocycles. The van der Waals surface area contributed by atoms with Gasteiger partial charge in [-0.1, -0.05) is 90.7 Å². The average Bonchev–Trinajstić information content (AvgIpc) is 3.12. The molecule has 2 saturated carbocycles. The second-order valence-electron chi connectivity index (χ2n) is 11.1. The number of carbonyl (C=O) groups excluding carboxylic acids is 1. The Labute approximate surface area is 212 Å². The molecule has 0 spiro atoms. The summed E-state index contributed by atoms with van der Waals surface area (Å²) in [6.45, 7) is 6.88. The molecular formula is C29H44O5S. The number of carbonyl (C=O) groups is 1. The van der Waals surface area contributed by atoms with Crippen LogP contribution < -0.4 is 4.74 Å². The van der Waals surface area contributed by atoms with Crippen LogP contribution in [0.2, 0.25) is 0 Å². The Morgan fingerprint density at radius 2 is 1.54 bits per heavy atom. The predicted molar refractivity (Wildman–Crippen MR) is 142 cm³/mol. The van der Waals surface area contributed by atoms with Crippen LogP contribution >= 0.6 is 0 Å². The maximum Gasteiger partial charge on any atom is 0.265 e. The van der Waals surface area contributed by atoms with Gasteiger partial charge in [-0.05, 0) is 54.4 Å². The van der Waals surface area contributed by atoms with Crippen molar-refractivity contribution in [3.8, 4) is 5.75 Å². The van der Waals surface area contributed by atoms with E-state index >= 15 is 0 Å². The lowest BCUT2D eigenvalue weighted by Gasteiger charge is -2.34. The molecule has 35 heavy (non-hydrogen) atoms. The number of allylic oxidation sites excluding steroid dienone is 1. The van der Waals surface area contributed by atoms with Crippen LogP contribution in [0.3, 0.4) is 0 Å².